The average Bonchev–Trinajstić information content (AvgIpc) is 2.54. The van der Waals surface area contributed by atoms with E-state index in [1.807, 2.05) is 60.7 Å². The predicted octanol–water partition coefficient (Wildman–Crippen LogP) is 3.11. The van der Waals surface area contributed by atoms with Crippen molar-refractivity contribution in [3.05, 3.63) is 71.8 Å². The molecule has 2 aromatic carbocycles. The molecular formula is C17H18O3. The van der Waals surface area contributed by atoms with Crippen LogP contribution in [0.2, 0.25) is 0 Å². The molecule has 0 aliphatic rings. The van der Waals surface area contributed by atoms with Crippen molar-refractivity contribution in [1.29, 1.82) is 0 Å². The van der Waals surface area contributed by atoms with E-state index in [1.54, 1.807) is 7.11 Å². The van der Waals surface area contributed by atoms with Gasteiger partial charge in [0, 0.05) is 14.2 Å². The molecule has 0 bridgehead atoms. The molecule has 2 aromatic rings. The first-order valence-electron chi connectivity index (χ1n) is 6.43. The third kappa shape index (κ3) is 2.50. The Labute approximate surface area is 119 Å². The summed E-state index contributed by atoms with van der Waals surface area (Å²) in [5, 5.41) is 0. The highest BCUT2D eigenvalue weighted by atomic mass is 16.5. The topological polar surface area (TPSA) is 35.5 Å². The van der Waals surface area contributed by atoms with Crippen molar-refractivity contribution >= 4 is 6.29 Å². The van der Waals surface area contributed by atoms with Crippen LogP contribution >= 0.6 is 0 Å². The smallest absolute Gasteiger partial charge is 0.178 e. The SMILES string of the molecule is COC(c1ccccc1)C(C=O)(OC)c1ccccc1. The van der Waals surface area contributed by atoms with Gasteiger partial charge in [-0.1, -0.05) is 60.7 Å². The minimum atomic E-state index is -1.16. The lowest BCUT2D eigenvalue weighted by Gasteiger charge is -2.34. The van der Waals surface area contributed by atoms with E-state index < -0.39 is 11.7 Å². The predicted molar refractivity (Wildman–Crippen MR) is 77.4 cm³/mol. The fourth-order valence-corrected chi connectivity index (χ4v) is 2.44. The normalized spacial score (nSPS) is 15.3. The quantitative estimate of drug-likeness (QED) is 0.757. The van der Waals surface area contributed by atoms with E-state index in [9.17, 15) is 4.79 Å². The van der Waals surface area contributed by atoms with E-state index in [0.717, 1.165) is 17.4 Å². The summed E-state index contributed by atoms with van der Waals surface area (Å²) in [4.78, 5) is 11.8. The molecule has 0 spiro atoms. The summed E-state index contributed by atoms with van der Waals surface area (Å²) in [7, 11) is 3.11. The maximum atomic E-state index is 11.8. The van der Waals surface area contributed by atoms with Crippen molar-refractivity contribution in [1.82, 2.24) is 0 Å². The molecule has 2 atom stereocenters. The zero-order valence-corrected chi connectivity index (χ0v) is 11.7. The van der Waals surface area contributed by atoms with Crippen molar-refractivity contribution < 1.29 is 14.3 Å². The fourth-order valence-electron chi connectivity index (χ4n) is 2.44. The number of aldehydes is 1. The van der Waals surface area contributed by atoms with E-state index in [1.165, 1.54) is 7.11 Å². The average molecular weight is 270 g/mol. The Morgan fingerprint density at radius 3 is 1.95 bits per heavy atom. The lowest BCUT2D eigenvalue weighted by molar-refractivity contribution is -0.151. The largest absolute Gasteiger partial charge is 0.373 e. The van der Waals surface area contributed by atoms with Crippen LogP contribution in [0.1, 0.15) is 17.2 Å². The second-order valence-electron chi connectivity index (χ2n) is 4.51. The van der Waals surface area contributed by atoms with Crippen LogP contribution in [0.5, 0.6) is 0 Å². The Morgan fingerprint density at radius 2 is 1.50 bits per heavy atom. The standard InChI is InChI=1S/C17H18O3/c1-19-16(14-9-5-3-6-10-14)17(13-18,20-2)15-11-7-4-8-12-15/h3-13,16H,1-2H3. The maximum Gasteiger partial charge on any atom is 0.178 e. The molecule has 2 rings (SSSR count). The summed E-state index contributed by atoms with van der Waals surface area (Å²) in [6.45, 7) is 0. The van der Waals surface area contributed by atoms with E-state index in [4.69, 9.17) is 9.47 Å². The second-order valence-corrected chi connectivity index (χ2v) is 4.51. The van der Waals surface area contributed by atoms with E-state index in [2.05, 4.69) is 0 Å². The summed E-state index contributed by atoms with van der Waals surface area (Å²) in [5.41, 5.74) is 0.512. The molecule has 0 aliphatic carbocycles. The summed E-state index contributed by atoms with van der Waals surface area (Å²) in [5.74, 6) is 0. The van der Waals surface area contributed by atoms with Crippen LogP contribution in [0.4, 0.5) is 0 Å². The first-order chi connectivity index (χ1) is 9.78. The number of hydrogen-bond acceptors (Lipinski definition) is 3. The molecule has 0 saturated heterocycles. The Kier molecular flexibility index (Phi) is 4.66. The van der Waals surface area contributed by atoms with Crippen LogP contribution in [-0.2, 0) is 19.9 Å². The number of methoxy groups -OCH3 is 2. The fraction of sp³-hybridized carbons (Fsp3) is 0.235. The Hall–Kier alpha value is -1.97. The van der Waals surface area contributed by atoms with Crippen LogP contribution in [0.3, 0.4) is 0 Å². The zero-order valence-electron chi connectivity index (χ0n) is 11.7. The summed E-state index contributed by atoms with van der Waals surface area (Å²) in [6.07, 6.45) is 0.303. The van der Waals surface area contributed by atoms with Gasteiger partial charge in [-0.2, -0.15) is 0 Å². The summed E-state index contributed by atoms with van der Waals surface area (Å²) >= 11 is 0. The van der Waals surface area contributed by atoms with Crippen LogP contribution in [0.25, 0.3) is 0 Å². The molecule has 0 N–H and O–H groups in total. The number of hydrogen-bond donors (Lipinski definition) is 0. The summed E-state index contributed by atoms with van der Waals surface area (Å²) in [6, 6.07) is 19.0. The molecule has 0 fully saturated rings. The Morgan fingerprint density at radius 1 is 0.950 bits per heavy atom. The van der Waals surface area contributed by atoms with Crippen LogP contribution in [0.15, 0.2) is 60.7 Å². The minimum Gasteiger partial charge on any atom is -0.373 e. The van der Waals surface area contributed by atoms with Gasteiger partial charge in [0.05, 0.1) is 0 Å². The van der Waals surface area contributed by atoms with Crippen molar-refractivity contribution in [2.24, 2.45) is 0 Å². The molecule has 3 heteroatoms. The van der Waals surface area contributed by atoms with Gasteiger partial charge in [0.25, 0.3) is 0 Å². The molecule has 20 heavy (non-hydrogen) atoms. The number of carbonyl (C=O) groups excluding carboxylic acids is 1. The van der Waals surface area contributed by atoms with E-state index >= 15 is 0 Å². The van der Waals surface area contributed by atoms with Gasteiger partial charge in [-0.3, -0.25) is 4.79 Å². The third-order valence-corrected chi connectivity index (χ3v) is 3.47. The molecule has 0 aromatic heterocycles. The molecule has 104 valence electrons. The highest BCUT2D eigenvalue weighted by molar-refractivity contribution is 5.68. The van der Waals surface area contributed by atoms with Crippen molar-refractivity contribution in [2.75, 3.05) is 14.2 Å². The van der Waals surface area contributed by atoms with Crippen molar-refractivity contribution in [2.45, 2.75) is 11.7 Å². The van der Waals surface area contributed by atoms with Gasteiger partial charge in [-0.05, 0) is 11.1 Å². The van der Waals surface area contributed by atoms with Gasteiger partial charge in [-0.15, -0.1) is 0 Å². The van der Waals surface area contributed by atoms with Gasteiger partial charge in [0.2, 0.25) is 0 Å². The van der Waals surface area contributed by atoms with E-state index in [-0.39, 0.29) is 0 Å². The van der Waals surface area contributed by atoms with Gasteiger partial charge in [0.15, 0.2) is 11.9 Å². The number of rotatable bonds is 6. The number of ether oxygens (including phenoxy) is 2. The molecule has 0 saturated carbocycles. The van der Waals surface area contributed by atoms with Gasteiger partial charge >= 0.3 is 0 Å². The number of benzene rings is 2. The molecule has 0 radical (unpaired) electrons. The maximum absolute atomic E-state index is 11.8. The highest BCUT2D eigenvalue weighted by Crippen LogP contribution is 2.38. The van der Waals surface area contributed by atoms with Crippen LogP contribution < -0.4 is 0 Å². The van der Waals surface area contributed by atoms with Crippen LogP contribution in [-0.4, -0.2) is 20.5 Å². The van der Waals surface area contributed by atoms with Gasteiger partial charge in [0.1, 0.15) is 6.10 Å². The van der Waals surface area contributed by atoms with Gasteiger partial charge < -0.3 is 9.47 Å². The Bertz CT molecular complexity index is 539. The molecule has 0 aliphatic heterocycles. The lowest BCUT2D eigenvalue weighted by Crippen LogP contribution is -2.38. The first kappa shape index (κ1) is 14.4. The molecular weight excluding hydrogens is 252 g/mol. The monoisotopic (exact) mass is 270 g/mol. The molecule has 3 nitrogen and oxygen atoms in total. The van der Waals surface area contributed by atoms with Gasteiger partial charge in [-0.25, -0.2) is 0 Å². The zero-order chi connectivity index (χ0) is 14.4. The Balaban J connectivity index is 2.54. The van der Waals surface area contributed by atoms with Crippen molar-refractivity contribution in [3.63, 3.8) is 0 Å². The first-order valence-corrected chi connectivity index (χ1v) is 6.43. The van der Waals surface area contributed by atoms with Crippen LogP contribution in [0, 0.1) is 0 Å². The molecule has 0 heterocycles. The van der Waals surface area contributed by atoms with Crippen molar-refractivity contribution in [3.8, 4) is 0 Å². The molecule has 2 unspecified atom stereocenters. The number of carbonyl (C=O) groups is 1. The third-order valence-electron chi connectivity index (χ3n) is 3.47. The minimum absolute atomic E-state index is 0.506. The second kappa shape index (κ2) is 6.46. The lowest BCUT2D eigenvalue weighted by atomic mass is 9.85. The highest BCUT2D eigenvalue weighted by Gasteiger charge is 2.42. The van der Waals surface area contributed by atoms with E-state index in [0.29, 0.717) is 0 Å². The molecule has 0 amide bonds. The summed E-state index contributed by atoms with van der Waals surface area (Å²) < 4.78 is 11.2.